The van der Waals surface area contributed by atoms with Crippen LogP contribution in [0.3, 0.4) is 0 Å². The van der Waals surface area contributed by atoms with E-state index >= 15 is 0 Å². The lowest BCUT2D eigenvalue weighted by Crippen LogP contribution is -2.34. The number of rotatable bonds is 8. The summed E-state index contributed by atoms with van der Waals surface area (Å²) in [5.74, 6) is -1.01. The highest BCUT2D eigenvalue weighted by Crippen LogP contribution is 2.31. The van der Waals surface area contributed by atoms with Crippen LogP contribution in [0.15, 0.2) is 60.9 Å². The van der Waals surface area contributed by atoms with E-state index in [1.807, 2.05) is 30.1 Å². The van der Waals surface area contributed by atoms with Crippen molar-refractivity contribution in [2.75, 3.05) is 30.4 Å². The number of carboxylic acid groups (broad SMARTS) is 1. The lowest BCUT2D eigenvalue weighted by molar-refractivity contribution is -0.134. The van der Waals surface area contributed by atoms with E-state index in [4.69, 9.17) is 0 Å². The molecule has 0 spiro atoms. The number of nitrogens with zero attached hydrogens (tertiary/aromatic N) is 2. The fraction of sp³-hybridized carbons (Fsp3) is 0.308. The minimum absolute atomic E-state index is 0.00729. The first kappa shape index (κ1) is 24.5. The molecule has 35 heavy (non-hydrogen) atoms. The number of benzene rings is 2. The number of hydrogen-bond acceptors (Lipinski definition) is 5. The van der Waals surface area contributed by atoms with Crippen LogP contribution in [0, 0.1) is 0 Å². The fourth-order valence-corrected chi connectivity index (χ4v) is 4.29. The molecule has 0 saturated heterocycles. The van der Waals surface area contributed by atoms with Crippen molar-refractivity contribution in [3.05, 3.63) is 83.2 Å². The maximum atomic E-state index is 12.5. The first-order valence-electron chi connectivity index (χ1n) is 11.4. The number of nitrogens with one attached hydrogen (secondary N) is 2. The Labute approximate surface area is 201 Å². The van der Waals surface area contributed by atoms with Gasteiger partial charge in [0.2, 0.25) is 0 Å². The van der Waals surface area contributed by atoms with Crippen molar-refractivity contribution >= 4 is 23.0 Å². The number of alkyl halides is 3. The lowest BCUT2D eigenvalue weighted by Gasteiger charge is -2.29. The molecule has 0 aliphatic carbocycles. The number of anilines is 3. The quantitative estimate of drug-likeness (QED) is 0.401. The van der Waals surface area contributed by atoms with E-state index in [1.165, 1.54) is 24.0 Å². The summed E-state index contributed by atoms with van der Waals surface area (Å²) in [6, 6.07) is 14.9. The standard InChI is InChI=1S/C26H27F3N4O2/c1-33(19-4-2-17(3-5-19)8-11-26(27,28)29)20-6-7-21-18(14-20)9-13-31-24(21)16-32-23-15-30-12-10-22(23)25(34)35/h2-7,10,12,14-15,24,31-32H,8-9,11,13,16H2,1H3,(H,34,35). The van der Waals surface area contributed by atoms with Crippen LogP contribution >= 0.6 is 0 Å². The Balaban J connectivity index is 1.45. The molecule has 3 N–H and O–H groups in total. The van der Waals surface area contributed by atoms with Crippen LogP contribution in [0.4, 0.5) is 30.2 Å². The van der Waals surface area contributed by atoms with Crippen molar-refractivity contribution < 1.29 is 23.1 Å². The van der Waals surface area contributed by atoms with Crippen molar-refractivity contribution in [1.29, 1.82) is 0 Å². The zero-order chi connectivity index (χ0) is 25.0. The molecule has 4 rings (SSSR count). The van der Waals surface area contributed by atoms with Crippen LogP contribution in [0.25, 0.3) is 0 Å². The Kier molecular flexibility index (Phi) is 7.25. The third-order valence-corrected chi connectivity index (χ3v) is 6.24. The van der Waals surface area contributed by atoms with Gasteiger partial charge >= 0.3 is 12.1 Å². The van der Waals surface area contributed by atoms with Crippen LogP contribution in [-0.2, 0) is 12.8 Å². The molecule has 1 atom stereocenters. The van der Waals surface area contributed by atoms with Gasteiger partial charge in [-0.2, -0.15) is 13.2 Å². The van der Waals surface area contributed by atoms with E-state index in [9.17, 15) is 23.1 Å². The average molecular weight is 485 g/mol. The molecule has 184 valence electrons. The van der Waals surface area contributed by atoms with Gasteiger partial charge in [-0.25, -0.2) is 4.79 Å². The molecule has 2 aromatic carbocycles. The summed E-state index contributed by atoms with van der Waals surface area (Å²) in [5, 5.41) is 16.1. The molecule has 0 amide bonds. The third kappa shape index (κ3) is 6.10. The van der Waals surface area contributed by atoms with Gasteiger partial charge in [0.05, 0.1) is 17.4 Å². The summed E-state index contributed by atoms with van der Waals surface area (Å²) in [6.45, 7) is 1.30. The van der Waals surface area contributed by atoms with E-state index in [0.29, 0.717) is 17.8 Å². The van der Waals surface area contributed by atoms with E-state index in [0.717, 1.165) is 29.9 Å². The Morgan fingerprint density at radius 3 is 2.63 bits per heavy atom. The maximum Gasteiger partial charge on any atom is 0.389 e. The first-order chi connectivity index (χ1) is 16.7. The smallest absolute Gasteiger partial charge is 0.389 e. The maximum absolute atomic E-state index is 12.5. The zero-order valence-corrected chi connectivity index (χ0v) is 19.3. The first-order valence-corrected chi connectivity index (χ1v) is 11.4. The van der Waals surface area contributed by atoms with Crippen LogP contribution in [0.1, 0.15) is 39.5 Å². The van der Waals surface area contributed by atoms with Crippen molar-refractivity contribution in [2.24, 2.45) is 0 Å². The van der Waals surface area contributed by atoms with Crippen LogP contribution in [0.5, 0.6) is 0 Å². The molecule has 1 aromatic heterocycles. The summed E-state index contributed by atoms with van der Waals surface area (Å²) < 4.78 is 37.4. The highest BCUT2D eigenvalue weighted by Gasteiger charge is 2.26. The third-order valence-electron chi connectivity index (χ3n) is 6.24. The van der Waals surface area contributed by atoms with Gasteiger partial charge in [-0.3, -0.25) is 4.98 Å². The van der Waals surface area contributed by atoms with E-state index in [1.54, 1.807) is 12.1 Å². The summed E-state index contributed by atoms with van der Waals surface area (Å²) in [7, 11) is 1.93. The van der Waals surface area contributed by atoms with Gasteiger partial charge in [0, 0.05) is 43.6 Å². The van der Waals surface area contributed by atoms with Gasteiger partial charge in [0.25, 0.3) is 0 Å². The van der Waals surface area contributed by atoms with Crippen molar-refractivity contribution in [3.8, 4) is 0 Å². The highest BCUT2D eigenvalue weighted by molar-refractivity contribution is 5.93. The van der Waals surface area contributed by atoms with Gasteiger partial charge in [0.1, 0.15) is 0 Å². The number of aromatic carboxylic acids is 1. The zero-order valence-electron chi connectivity index (χ0n) is 19.3. The Hall–Kier alpha value is -3.59. The lowest BCUT2D eigenvalue weighted by atomic mass is 9.93. The molecule has 3 aromatic rings. The molecule has 9 heteroatoms. The molecule has 0 fully saturated rings. The largest absolute Gasteiger partial charge is 0.478 e. The Morgan fingerprint density at radius 2 is 1.91 bits per heavy atom. The molecule has 0 saturated carbocycles. The summed E-state index contributed by atoms with van der Waals surface area (Å²) in [5.41, 5.74) is 5.54. The second kappa shape index (κ2) is 10.4. The minimum Gasteiger partial charge on any atom is -0.478 e. The van der Waals surface area contributed by atoms with Gasteiger partial charge in [-0.15, -0.1) is 0 Å². The SMILES string of the molecule is CN(c1ccc(CCC(F)(F)F)cc1)c1ccc2c(c1)CCNC2CNc1cnccc1C(=O)O. The van der Waals surface area contributed by atoms with E-state index in [2.05, 4.69) is 27.8 Å². The topological polar surface area (TPSA) is 77.5 Å². The fourth-order valence-electron chi connectivity index (χ4n) is 4.29. The normalized spacial score (nSPS) is 15.4. The Bertz CT molecular complexity index is 1180. The van der Waals surface area contributed by atoms with Gasteiger partial charge < -0.3 is 20.6 Å². The number of halogens is 3. The molecule has 0 bridgehead atoms. The van der Waals surface area contributed by atoms with E-state index in [-0.39, 0.29) is 18.0 Å². The minimum atomic E-state index is -4.16. The predicted molar refractivity (Wildman–Crippen MR) is 129 cm³/mol. The summed E-state index contributed by atoms with van der Waals surface area (Å²) in [6.07, 6.45) is -1.18. The summed E-state index contributed by atoms with van der Waals surface area (Å²) in [4.78, 5) is 17.5. The number of carboxylic acids is 1. The molecule has 6 nitrogen and oxygen atoms in total. The van der Waals surface area contributed by atoms with Crippen LogP contribution in [-0.4, -0.2) is 42.4 Å². The molecular formula is C26H27F3N4O2. The molecule has 1 aliphatic rings. The average Bonchev–Trinajstić information content (AvgIpc) is 2.85. The molecule has 1 unspecified atom stereocenters. The van der Waals surface area contributed by atoms with Crippen molar-refractivity contribution in [2.45, 2.75) is 31.5 Å². The van der Waals surface area contributed by atoms with Gasteiger partial charge in [-0.1, -0.05) is 18.2 Å². The number of fused-ring (bicyclic) bond motifs is 1. The van der Waals surface area contributed by atoms with Crippen molar-refractivity contribution in [3.63, 3.8) is 0 Å². The number of aryl methyl sites for hydroxylation is 1. The number of aromatic nitrogens is 1. The number of carbonyl (C=O) groups is 1. The molecule has 0 radical (unpaired) electrons. The molecule has 1 aliphatic heterocycles. The Morgan fingerprint density at radius 1 is 1.17 bits per heavy atom. The second-order valence-electron chi connectivity index (χ2n) is 8.59. The van der Waals surface area contributed by atoms with E-state index < -0.39 is 18.6 Å². The van der Waals surface area contributed by atoms with Gasteiger partial charge in [-0.05, 0) is 66.4 Å². The number of pyridine rings is 1. The monoisotopic (exact) mass is 484 g/mol. The van der Waals surface area contributed by atoms with Crippen molar-refractivity contribution in [1.82, 2.24) is 10.3 Å². The second-order valence-corrected chi connectivity index (χ2v) is 8.59. The summed E-state index contributed by atoms with van der Waals surface area (Å²) >= 11 is 0. The van der Waals surface area contributed by atoms with Crippen LogP contribution < -0.4 is 15.5 Å². The van der Waals surface area contributed by atoms with Crippen LogP contribution in [0.2, 0.25) is 0 Å². The molecule has 2 heterocycles. The number of hydrogen-bond donors (Lipinski definition) is 3. The predicted octanol–water partition coefficient (Wildman–Crippen LogP) is 5.34. The highest BCUT2D eigenvalue weighted by atomic mass is 19.4. The molecular weight excluding hydrogens is 457 g/mol. The van der Waals surface area contributed by atoms with Gasteiger partial charge in [0.15, 0.2) is 0 Å².